The number of aliphatic hydroxyl groups excluding tert-OH is 1. The van der Waals surface area contributed by atoms with Gasteiger partial charge in [-0.3, -0.25) is 0 Å². The maximum absolute atomic E-state index is 12.1. The lowest BCUT2D eigenvalue weighted by molar-refractivity contribution is 0.297. The molecule has 0 bridgehead atoms. The van der Waals surface area contributed by atoms with E-state index in [1.165, 1.54) is 6.26 Å². The lowest BCUT2D eigenvalue weighted by atomic mass is 9.78. The monoisotopic (exact) mass is 269 g/mol. The van der Waals surface area contributed by atoms with Crippen LogP contribution < -0.4 is 5.32 Å². The number of sulfone groups is 1. The molecule has 18 heavy (non-hydrogen) atoms. The smallest absolute Gasteiger partial charge is 0.174 e. The van der Waals surface area contributed by atoms with E-state index in [0.29, 0.717) is 23.4 Å². The molecule has 0 aromatic rings. The lowest BCUT2D eigenvalue weighted by Crippen LogP contribution is -2.27. The Balaban J connectivity index is 2.58. The fourth-order valence-corrected chi connectivity index (χ4v) is 4.58. The van der Waals surface area contributed by atoms with E-state index in [2.05, 4.69) is 5.32 Å². The van der Waals surface area contributed by atoms with Crippen LogP contribution in [-0.2, 0) is 9.84 Å². The number of rotatable bonds is 3. The van der Waals surface area contributed by atoms with Crippen LogP contribution in [0.4, 0.5) is 0 Å². The molecule has 0 fully saturated rings. The molecule has 1 aliphatic heterocycles. The van der Waals surface area contributed by atoms with Crippen LogP contribution in [0.15, 0.2) is 34.0 Å². The van der Waals surface area contributed by atoms with Crippen LogP contribution in [0.3, 0.4) is 0 Å². The normalized spacial score (nSPS) is 27.6. The predicted molar refractivity (Wildman–Crippen MR) is 71.3 cm³/mol. The van der Waals surface area contributed by atoms with E-state index in [4.69, 9.17) is 5.11 Å². The molecule has 1 unspecified atom stereocenters. The van der Waals surface area contributed by atoms with E-state index in [9.17, 15) is 8.42 Å². The van der Waals surface area contributed by atoms with Gasteiger partial charge in [-0.15, -0.1) is 0 Å². The van der Waals surface area contributed by atoms with Crippen LogP contribution in [0.2, 0.25) is 0 Å². The number of aliphatic hydroxyl groups is 1. The van der Waals surface area contributed by atoms with Crippen LogP contribution in [0.5, 0.6) is 0 Å². The molecule has 0 aromatic heterocycles. The Bertz CT molecular complexity index is 569. The number of nitrogens with one attached hydrogen (secondary N) is 1. The maximum atomic E-state index is 12.1. The van der Waals surface area contributed by atoms with Gasteiger partial charge in [0.1, 0.15) is 0 Å². The SMILES string of the molecule is CC1=CC=C2NC(CCO)=C(S(C)(=O)=O)C2(C)C1. The molecule has 0 amide bonds. The van der Waals surface area contributed by atoms with Crippen LogP contribution in [0.25, 0.3) is 0 Å². The van der Waals surface area contributed by atoms with Crippen molar-refractivity contribution in [1.82, 2.24) is 5.32 Å². The van der Waals surface area contributed by atoms with Gasteiger partial charge < -0.3 is 10.4 Å². The van der Waals surface area contributed by atoms with Gasteiger partial charge in [-0.05, 0) is 26.3 Å². The topological polar surface area (TPSA) is 66.4 Å². The Morgan fingerprint density at radius 2 is 2.11 bits per heavy atom. The van der Waals surface area contributed by atoms with Gasteiger partial charge in [0.05, 0.1) is 4.91 Å². The van der Waals surface area contributed by atoms with Crippen LogP contribution in [0.1, 0.15) is 26.7 Å². The van der Waals surface area contributed by atoms with Crippen LogP contribution in [0, 0.1) is 5.41 Å². The highest BCUT2D eigenvalue weighted by atomic mass is 32.2. The molecule has 0 radical (unpaired) electrons. The van der Waals surface area contributed by atoms with Gasteiger partial charge in [-0.2, -0.15) is 0 Å². The van der Waals surface area contributed by atoms with Crippen LogP contribution in [-0.4, -0.2) is 26.4 Å². The van der Waals surface area contributed by atoms with Crippen molar-refractivity contribution in [1.29, 1.82) is 0 Å². The van der Waals surface area contributed by atoms with Crippen molar-refractivity contribution in [3.8, 4) is 0 Å². The van der Waals surface area contributed by atoms with E-state index < -0.39 is 15.3 Å². The van der Waals surface area contributed by atoms with Crippen molar-refractivity contribution in [2.45, 2.75) is 26.7 Å². The highest BCUT2D eigenvalue weighted by molar-refractivity contribution is 7.94. The Kier molecular flexibility index (Phi) is 3.15. The minimum Gasteiger partial charge on any atom is -0.396 e. The Morgan fingerprint density at radius 1 is 1.44 bits per heavy atom. The summed E-state index contributed by atoms with van der Waals surface area (Å²) >= 11 is 0. The van der Waals surface area contributed by atoms with Crippen LogP contribution >= 0.6 is 0 Å². The lowest BCUT2D eigenvalue weighted by Gasteiger charge is -2.30. The molecule has 2 N–H and O–H groups in total. The molecular formula is C13H19NO3S. The zero-order valence-electron chi connectivity index (χ0n) is 10.9. The van der Waals surface area contributed by atoms with Gasteiger partial charge in [0.2, 0.25) is 0 Å². The van der Waals surface area contributed by atoms with E-state index >= 15 is 0 Å². The molecule has 1 heterocycles. The largest absolute Gasteiger partial charge is 0.396 e. The van der Waals surface area contributed by atoms with Gasteiger partial charge >= 0.3 is 0 Å². The number of hydrogen-bond acceptors (Lipinski definition) is 4. The zero-order chi connectivity index (χ0) is 13.6. The fourth-order valence-electron chi connectivity index (χ4n) is 2.98. The molecule has 0 spiro atoms. The Morgan fingerprint density at radius 3 is 2.67 bits per heavy atom. The molecule has 1 atom stereocenters. The van der Waals surface area contributed by atoms with E-state index in [1.54, 1.807) is 0 Å². The summed E-state index contributed by atoms with van der Waals surface area (Å²) in [6, 6.07) is 0. The first-order valence-electron chi connectivity index (χ1n) is 5.98. The van der Waals surface area contributed by atoms with Crippen molar-refractivity contribution in [2.24, 2.45) is 5.41 Å². The number of hydrogen-bond donors (Lipinski definition) is 2. The molecule has 0 aromatic carbocycles. The summed E-state index contributed by atoms with van der Waals surface area (Å²) in [4.78, 5) is 0.433. The van der Waals surface area contributed by atoms with Crippen molar-refractivity contribution in [2.75, 3.05) is 12.9 Å². The third kappa shape index (κ3) is 2.01. The first-order chi connectivity index (χ1) is 8.29. The molecular weight excluding hydrogens is 250 g/mol. The Hall–Kier alpha value is -1.07. The van der Waals surface area contributed by atoms with E-state index in [-0.39, 0.29) is 6.61 Å². The number of fused-ring (bicyclic) bond motifs is 1. The maximum Gasteiger partial charge on any atom is 0.174 e. The summed E-state index contributed by atoms with van der Waals surface area (Å²) in [5, 5.41) is 12.2. The molecule has 0 saturated heterocycles. The summed E-state index contributed by atoms with van der Waals surface area (Å²) in [5.41, 5.74) is 2.21. The first-order valence-corrected chi connectivity index (χ1v) is 7.87. The number of allylic oxidation sites excluding steroid dienone is 4. The quantitative estimate of drug-likeness (QED) is 0.814. The second kappa shape index (κ2) is 4.24. The molecule has 100 valence electrons. The summed E-state index contributed by atoms with van der Waals surface area (Å²) in [6.07, 6.45) is 6.22. The molecule has 2 aliphatic rings. The average molecular weight is 269 g/mol. The third-order valence-electron chi connectivity index (χ3n) is 3.55. The van der Waals surface area contributed by atoms with Crippen molar-refractivity contribution < 1.29 is 13.5 Å². The fraction of sp³-hybridized carbons (Fsp3) is 0.538. The van der Waals surface area contributed by atoms with Gasteiger partial charge in [-0.25, -0.2) is 8.42 Å². The summed E-state index contributed by atoms with van der Waals surface area (Å²) < 4.78 is 24.1. The van der Waals surface area contributed by atoms with Gasteiger partial charge in [-0.1, -0.05) is 11.6 Å². The van der Waals surface area contributed by atoms with E-state index in [0.717, 1.165) is 11.3 Å². The van der Waals surface area contributed by atoms with Gasteiger partial charge in [0, 0.05) is 36.1 Å². The molecule has 4 nitrogen and oxygen atoms in total. The zero-order valence-corrected chi connectivity index (χ0v) is 11.8. The average Bonchev–Trinajstić information content (AvgIpc) is 2.48. The highest BCUT2D eigenvalue weighted by Crippen LogP contribution is 2.50. The second-order valence-corrected chi connectivity index (χ2v) is 7.23. The molecule has 2 rings (SSSR count). The minimum absolute atomic E-state index is 0.0584. The van der Waals surface area contributed by atoms with Crippen molar-refractivity contribution >= 4 is 9.84 Å². The molecule has 0 saturated carbocycles. The summed E-state index contributed by atoms with van der Waals surface area (Å²) in [7, 11) is -3.29. The van der Waals surface area contributed by atoms with Crippen molar-refractivity contribution in [3.63, 3.8) is 0 Å². The summed E-state index contributed by atoms with van der Waals surface area (Å²) in [5.74, 6) is 0. The second-order valence-electron chi connectivity index (χ2n) is 5.28. The van der Waals surface area contributed by atoms with Crippen molar-refractivity contribution in [3.05, 3.63) is 34.0 Å². The summed E-state index contributed by atoms with van der Waals surface area (Å²) in [6.45, 7) is 3.89. The first kappa shape index (κ1) is 13.4. The predicted octanol–water partition coefficient (Wildman–Crippen LogP) is 1.47. The molecule has 1 aliphatic carbocycles. The minimum atomic E-state index is -3.29. The Labute approximate surface area is 108 Å². The highest BCUT2D eigenvalue weighted by Gasteiger charge is 2.46. The standard InChI is InChI=1S/C13H19NO3S/c1-9-4-5-11-13(2,8-9)12(18(3,16)17)10(14-11)6-7-15/h4-5,14-15H,6-8H2,1-3H3. The third-order valence-corrected chi connectivity index (χ3v) is 4.99. The molecule has 5 heteroatoms. The van der Waals surface area contributed by atoms with E-state index in [1.807, 2.05) is 26.0 Å². The van der Waals surface area contributed by atoms with Gasteiger partial charge in [0.25, 0.3) is 0 Å². The van der Waals surface area contributed by atoms with Gasteiger partial charge in [0.15, 0.2) is 9.84 Å².